The zero-order valence-corrected chi connectivity index (χ0v) is 5.93. The summed E-state index contributed by atoms with van der Waals surface area (Å²) in [4.78, 5) is 0. The molecule has 2 nitrogen and oxygen atoms in total. The molecule has 0 aromatic heterocycles. The normalized spacial score (nSPS) is 9.89. The lowest BCUT2D eigenvalue weighted by Gasteiger charge is -2.00. The molecule has 0 heterocycles. The summed E-state index contributed by atoms with van der Waals surface area (Å²) in [5.41, 5.74) is 0. The maximum Gasteiger partial charge on any atom is 0.0700 e. The Bertz CT molecular complexity index is 44.3. The smallest absolute Gasteiger partial charge is 0.0700 e. The van der Waals surface area contributed by atoms with Crippen molar-refractivity contribution >= 4 is 7.85 Å². The van der Waals surface area contributed by atoms with Gasteiger partial charge in [-0.1, -0.05) is 6.32 Å². The second kappa shape index (κ2) is 7.98. The van der Waals surface area contributed by atoms with E-state index in [0.717, 1.165) is 6.61 Å². The van der Waals surface area contributed by atoms with Crippen LogP contribution in [-0.2, 0) is 9.47 Å². The monoisotopic (exact) mass is 128 g/mol. The van der Waals surface area contributed by atoms with Crippen molar-refractivity contribution in [1.29, 1.82) is 0 Å². The maximum absolute atomic E-state index is 5.18. The van der Waals surface area contributed by atoms with Gasteiger partial charge in [-0.15, -0.1) is 0 Å². The van der Waals surface area contributed by atoms with Crippen molar-refractivity contribution in [3.8, 4) is 0 Å². The Morgan fingerprint density at radius 2 is 1.78 bits per heavy atom. The molecule has 0 amide bonds. The van der Waals surface area contributed by atoms with Crippen molar-refractivity contribution in [1.82, 2.24) is 0 Å². The van der Waals surface area contributed by atoms with Gasteiger partial charge >= 0.3 is 0 Å². The van der Waals surface area contributed by atoms with Gasteiger partial charge in [0.05, 0.1) is 21.1 Å². The summed E-state index contributed by atoms with van der Waals surface area (Å²) in [6.07, 6.45) is 0.589. The highest BCUT2D eigenvalue weighted by atomic mass is 16.5. The van der Waals surface area contributed by atoms with Gasteiger partial charge in [-0.25, -0.2) is 0 Å². The lowest BCUT2D eigenvalue weighted by atomic mass is 10.1. The van der Waals surface area contributed by atoms with Gasteiger partial charge in [0.2, 0.25) is 0 Å². The van der Waals surface area contributed by atoms with E-state index in [1.54, 1.807) is 0 Å². The molecule has 0 N–H and O–H groups in total. The van der Waals surface area contributed by atoms with E-state index in [1.165, 1.54) is 0 Å². The van der Waals surface area contributed by atoms with Gasteiger partial charge in [-0.2, -0.15) is 0 Å². The number of hydrogen-bond donors (Lipinski definition) is 0. The molecule has 0 rings (SSSR count). The molecule has 3 heteroatoms. The molecule has 9 heavy (non-hydrogen) atoms. The second-order valence-electron chi connectivity index (χ2n) is 1.60. The molecule has 0 aromatic carbocycles. The second-order valence-corrected chi connectivity index (χ2v) is 1.60. The third-order valence-electron chi connectivity index (χ3n) is 0.838. The van der Waals surface area contributed by atoms with Gasteiger partial charge in [0.1, 0.15) is 0 Å². The highest BCUT2D eigenvalue weighted by molar-refractivity contribution is 6.08. The van der Waals surface area contributed by atoms with E-state index in [4.69, 9.17) is 17.3 Å². The fourth-order valence-electron chi connectivity index (χ4n) is 0.448. The molecular formula is C6H13BO2. The van der Waals surface area contributed by atoms with Crippen molar-refractivity contribution in [3.63, 3.8) is 0 Å². The average Bonchev–Trinajstić information content (AvgIpc) is 1.89. The predicted molar refractivity (Wildman–Crippen MR) is 37.9 cm³/mol. The molecule has 0 atom stereocenters. The van der Waals surface area contributed by atoms with Crippen molar-refractivity contribution in [2.45, 2.75) is 13.2 Å². The van der Waals surface area contributed by atoms with Crippen molar-refractivity contribution < 1.29 is 9.47 Å². The first-order valence-corrected chi connectivity index (χ1v) is 3.27. The first-order chi connectivity index (χ1) is 4.41. The molecule has 0 saturated heterocycles. The molecule has 0 aliphatic carbocycles. The fraction of sp³-hybridized carbons (Fsp3) is 1.00. The van der Waals surface area contributed by atoms with Crippen LogP contribution in [0.3, 0.4) is 0 Å². The summed E-state index contributed by atoms with van der Waals surface area (Å²) in [7, 11) is 5.18. The molecule has 52 valence electrons. The first kappa shape index (κ1) is 8.98. The number of ether oxygens (including phenoxy) is 2. The Hall–Kier alpha value is -0.0151. The van der Waals surface area contributed by atoms with E-state index in [0.29, 0.717) is 26.1 Å². The topological polar surface area (TPSA) is 18.5 Å². The molecule has 0 spiro atoms. The van der Waals surface area contributed by atoms with Crippen molar-refractivity contribution in [2.75, 3.05) is 26.4 Å². The zero-order valence-electron chi connectivity index (χ0n) is 5.93. The summed E-state index contributed by atoms with van der Waals surface area (Å²) >= 11 is 0. The Morgan fingerprint density at radius 3 is 2.33 bits per heavy atom. The first-order valence-electron chi connectivity index (χ1n) is 3.27. The Morgan fingerprint density at radius 1 is 1.11 bits per heavy atom. The van der Waals surface area contributed by atoms with Crippen molar-refractivity contribution in [2.24, 2.45) is 0 Å². The van der Waals surface area contributed by atoms with E-state index in [9.17, 15) is 0 Å². The predicted octanol–water partition coefficient (Wildman–Crippen LogP) is 0.626. The quantitative estimate of drug-likeness (QED) is 0.385. The van der Waals surface area contributed by atoms with Gasteiger partial charge in [0, 0.05) is 13.2 Å². The minimum Gasteiger partial charge on any atom is -0.380 e. The number of rotatable bonds is 6. The molecule has 0 aliphatic rings. The van der Waals surface area contributed by atoms with E-state index in [1.807, 2.05) is 6.92 Å². The molecule has 0 bridgehead atoms. The molecule has 0 saturated carbocycles. The Labute approximate surface area is 57.9 Å². The van der Waals surface area contributed by atoms with Gasteiger partial charge in [0.25, 0.3) is 0 Å². The van der Waals surface area contributed by atoms with Gasteiger partial charge in [0.15, 0.2) is 0 Å². The highest BCUT2D eigenvalue weighted by Crippen LogP contribution is 1.79. The summed E-state index contributed by atoms with van der Waals surface area (Å²) in [5.74, 6) is 0. The lowest BCUT2D eigenvalue weighted by molar-refractivity contribution is 0.0585. The lowest BCUT2D eigenvalue weighted by Crippen LogP contribution is -2.04. The standard InChI is InChI=1S/C6H13BO2/c1-2-8-5-6-9-4-3-7/h2-6H2,1H3. The third kappa shape index (κ3) is 7.98. The van der Waals surface area contributed by atoms with Crippen LogP contribution < -0.4 is 0 Å². The minimum absolute atomic E-state index is 0.589. The third-order valence-corrected chi connectivity index (χ3v) is 0.838. The molecule has 0 aliphatic heterocycles. The molecule has 2 radical (unpaired) electrons. The van der Waals surface area contributed by atoms with Crippen LogP contribution in [0, 0.1) is 0 Å². The molecule has 0 aromatic rings. The largest absolute Gasteiger partial charge is 0.380 e. The summed E-state index contributed by atoms with van der Waals surface area (Å²) in [5, 5.41) is 0. The van der Waals surface area contributed by atoms with E-state index in [2.05, 4.69) is 0 Å². The van der Waals surface area contributed by atoms with Crippen LogP contribution in [-0.4, -0.2) is 34.3 Å². The van der Waals surface area contributed by atoms with Crippen LogP contribution in [0.25, 0.3) is 0 Å². The maximum atomic E-state index is 5.18. The average molecular weight is 128 g/mol. The van der Waals surface area contributed by atoms with E-state index in [-0.39, 0.29) is 0 Å². The molecule has 0 unspecified atom stereocenters. The van der Waals surface area contributed by atoms with Crippen LogP contribution in [0.1, 0.15) is 6.92 Å². The Kier molecular flexibility index (Phi) is 7.97. The fourth-order valence-corrected chi connectivity index (χ4v) is 0.448. The SMILES string of the molecule is [B]CCOCCOCC. The number of hydrogen-bond acceptors (Lipinski definition) is 2. The van der Waals surface area contributed by atoms with Crippen LogP contribution in [0.4, 0.5) is 0 Å². The van der Waals surface area contributed by atoms with Crippen LogP contribution in [0.5, 0.6) is 0 Å². The minimum atomic E-state index is 0.589. The van der Waals surface area contributed by atoms with E-state index < -0.39 is 0 Å². The van der Waals surface area contributed by atoms with Crippen LogP contribution >= 0.6 is 0 Å². The molecule has 0 fully saturated rings. The van der Waals surface area contributed by atoms with Crippen LogP contribution in [0.15, 0.2) is 0 Å². The summed E-state index contributed by atoms with van der Waals surface area (Å²) < 4.78 is 10.0. The van der Waals surface area contributed by atoms with Gasteiger partial charge < -0.3 is 9.47 Å². The zero-order chi connectivity index (χ0) is 6.95. The van der Waals surface area contributed by atoms with E-state index >= 15 is 0 Å². The van der Waals surface area contributed by atoms with Gasteiger partial charge in [-0.05, 0) is 6.92 Å². The van der Waals surface area contributed by atoms with Crippen molar-refractivity contribution in [3.05, 3.63) is 0 Å². The highest BCUT2D eigenvalue weighted by Gasteiger charge is 1.83. The van der Waals surface area contributed by atoms with Crippen LogP contribution in [0.2, 0.25) is 6.32 Å². The summed E-state index contributed by atoms with van der Waals surface area (Å²) in [6, 6.07) is 0. The Balaban J connectivity index is 2.60. The molecular weight excluding hydrogens is 115 g/mol. The van der Waals surface area contributed by atoms with Gasteiger partial charge in [-0.3, -0.25) is 0 Å². The summed E-state index contributed by atoms with van der Waals surface area (Å²) in [6.45, 7) is 4.68.